The summed E-state index contributed by atoms with van der Waals surface area (Å²) in [5, 5.41) is 0.324. The lowest BCUT2D eigenvalue weighted by Crippen LogP contribution is -2.21. The number of pyridine rings is 2. The van der Waals surface area contributed by atoms with Crippen LogP contribution >= 0.6 is 0 Å². The first kappa shape index (κ1) is 18.3. The molecule has 0 amide bonds. The molecule has 2 heterocycles. The van der Waals surface area contributed by atoms with Crippen LogP contribution in [0.1, 0.15) is 25.1 Å². The molecule has 0 unspecified atom stereocenters. The van der Waals surface area contributed by atoms with E-state index in [1.165, 1.54) is 18.3 Å². The molecule has 0 radical (unpaired) electrons. The molecule has 0 saturated heterocycles. The van der Waals surface area contributed by atoms with Gasteiger partial charge in [-0.1, -0.05) is 31.5 Å². The minimum Gasteiger partial charge on any atom is -0.331 e. The van der Waals surface area contributed by atoms with Crippen molar-refractivity contribution < 1.29 is 8.42 Å². The number of rotatable bonds is 4. The van der Waals surface area contributed by atoms with Crippen LogP contribution in [0.4, 0.5) is 0 Å². The Morgan fingerprint density at radius 1 is 1.04 bits per heavy atom. The van der Waals surface area contributed by atoms with Gasteiger partial charge in [0.15, 0.2) is 0 Å². The van der Waals surface area contributed by atoms with Crippen molar-refractivity contribution in [3.8, 4) is 0 Å². The molecular weight excluding hydrogens is 348 g/mol. The van der Waals surface area contributed by atoms with Crippen molar-refractivity contribution in [3.05, 3.63) is 64.1 Å². The Labute approximate surface area is 153 Å². The second-order valence-electron chi connectivity index (χ2n) is 7.01. The van der Waals surface area contributed by atoms with Gasteiger partial charge in [0.25, 0.3) is 0 Å². The van der Waals surface area contributed by atoms with Crippen molar-refractivity contribution in [1.29, 1.82) is 0 Å². The zero-order chi connectivity index (χ0) is 19.1. The van der Waals surface area contributed by atoms with Crippen LogP contribution < -0.4 is 5.43 Å². The maximum absolute atomic E-state index is 13.1. The summed E-state index contributed by atoms with van der Waals surface area (Å²) < 4.78 is 27.9. The minimum atomic E-state index is -3.91. The van der Waals surface area contributed by atoms with E-state index in [9.17, 15) is 13.2 Å². The predicted octanol–water partition coefficient (Wildman–Crippen LogP) is 3.50. The number of hydrogen-bond acceptors (Lipinski definition) is 4. The SMILES string of the molecule is Cc1ccc(S(=O)(=O)c2cn(CC(C)C)c3nc(C)ccc3c2=O)cc1. The Hall–Kier alpha value is -2.47. The van der Waals surface area contributed by atoms with Crippen molar-refractivity contribution in [2.24, 2.45) is 5.92 Å². The van der Waals surface area contributed by atoms with Crippen LogP contribution in [-0.2, 0) is 16.4 Å². The highest BCUT2D eigenvalue weighted by Gasteiger charge is 2.24. The number of benzene rings is 1. The first-order chi connectivity index (χ1) is 12.2. The number of sulfone groups is 1. The molecule has 0 atom stereocenters. The van der Waals surface area contributed by atoms with Gasteiger partial charge in [-0.3, -0.25) is 4.79 Å². The predicted molar refractivity (Wildman–Crippen MR) is 102 cm³/mol. The van der Waals surface area contributed by atoms with Crippen molar-refractivity contribution >= 4 is 20.9 Å². The second-order valence-corrected chi connectivity index (χ2v) is 8.93. The topological polar surface area (TPSA) is 69.0 Å². The summed E-state index contributed by atoms with van der Waals surface area (Å²) in [6.07, 6.45) is 1.44. The fraction of sp³-hybridized carbons (Fsp3) is 0.300. The maximum Gasteiger partial charge on any atom is 0.211 e. The fourth-order valence-electron chi connectivity index (χ4n) is 2.90. The highest BCUT2D eigenvalue weighted by molar-refractivity contribution is 7.91. The van der Waals surface area contributed by atoms with Crippen molar-refractivity contribution in [3.63, 3.8) is 0 Å². The van der Waals surface area contributed by atoms with Crippen LogP contribution in [0.15, 0.2) is 57.2 Å². The third-order valence-corrected chi connectivity index (χ3v) is 5.97. The minimum absolute atomic E-state index is 0.121. The summed E-state index contributed by atoms with van der Waals surface area (Å²) in [5.74, 6) is 0.276. The molecule has 0 aliphatic carbocycles. The Morgan fingerprint density at radius 3 is 2.31 bits per heavy atom. The third-order valence-electron chi connectivity index (χ3n) is 4.21. The fourth-order valence-corrected chi connectivity index (χ4v) is 4.27. The first-order valence-corrected chi connectivity index (χ1v) is 10.0. The monoisotopic (exact) mass is 370 g/mol. The van der Waals surface area contributed by atoms with Gasteiger partial charge in [0.1, 0.15) is 10.5 Å². The summed E-state index contributed by atoms with van der Waals surface area (Å²) in [6, 6.07) is 9.91. The van der Waals surface area contributed by atoms with Gasteiger partial charge in [-0.25, -0.2) is 13.4 Å². The van der Waals surface area contributed by atoms with Gasteiger partial charge < -0.3 is 4.57 Å². The lowest BCUT2D eigenvalue weighted by atomic mass is 10.2. The van der Waals surface area contributed by atoms with Crippen LogP contribution in [0.25, 0.3) is 11.0 Å². The lowest BCUT2D eigenvalue weighted by molar-refractivity contribution is 0.525. The average Bonchev–Trinajstić information content (AvgIpc) is 2.57. The molecule has 0 aliphatic rings. The molecule has 0 fully saturated rings. The van der Waals surface area contributed by atoms with Gasteiger partial charge in [-0.05, 0) is 44.0 Å². The van der Waals surface area contributed by atoms with Gasteiger partial charge in [-0.15, -0.1) is 0 Å². The van der Waals surface area contributed by atoms with E-state index in [-0.39, 0.29) is 15.7 Å². The van der Waals surface area contributed by atoms with Crippen molar-refractivity contribution in [2.45, 2.75) is 44.0 Å². The number of hydrogen-bond donors (Lipinski definition) is 0. The van der Waals surface area contributed by atoms with Gasteiger partial charge in [0, 0.05) is 18.4 Å². The molecule has 0 N–H and O–H groups in total. The van der Waals surface area contributed by atoms with Crippen LogP contribution in [0.3, 0.4) is 0 Å². The van der Waals surface area contributed by atoms with E-state index in [1.54, 1.807) is 28.8 Å². The van der Waals surface area contributed by atoms with Crippen LogP contribution in [-0.4, -0.2) is 18.0 Å². The molecular formula is C20H22N2O3S. The molecule has 0 saturated carbocycles. The summed E-state index contributed by atoms with van der Waals surface area (Å²) in [7, 11) is -3.91. The summed E-state index contributed by atoms with van der Waals surface area (Å²) in [5.41, 5.74) is 1.75. The Bertz CT molecular complexity index is 1130. The van der Waals surface area contributed by atoms with E-state index in [1.807, 2.05) is 27.7 Å². The molecule has 3 rings (SSSR count). The van der Waals surface area contributed by atoms with E-state index < -0.39 is 15.3 Å². The van der Waals surface area contributed by atoms with Crippen molar-refractivity contribution in [1.82, 2.24) is 9.55 Å². The molecule has 0 spiro atoms. The number of fused-ring (bicyclic) bond motifs is 1. The van der Waals surface area contributed by atoms with Gasteiger partial charge in [0.05, 0.1) is 10.3 Å². The smallest absolute Gasteiger partial charge is 0.211 e. The molecule has 26 heavy (non-hydrogen) atoms. The van der Waals surface area contributed by atoms with E-state index in [0.29, 0.717) is 17.6 Å². The van der Waals surface area contributed by atoms with E-state index in [0.717, 1.165) is 11.3 Å². The maximum atomic E-state index is 13.1. The summed E-state index contributed by atoms with van der Waals surface area (Å²) >= 11 is 0. The van der Waals surface area contributed by atoms with Crippen LogP contribution in [0.2, 0.25) is 0 Å². The first-order valence-electron chi connectivity index (χ1n) is 8.52. The zero-order valence-corrected chi connectivity index (χ0v) is 16.2. The zero-order valence-electron chi connectivity index (χ0n) is 15.4. The largest absolute Gasteiger partial charge is 0.331 e. The third kappa shape index (κ3) is 3.29. The standard InChI is InChI=1S/C20H22N2O3S/c1-13(2)11-22-12-18(19(23)17-10-7-15(4)21-20(17)22)26(24,25)16-8-5-14(3)6-9-16/h5-10,12-13H,11H2,1-4H3. The summed E-state index contributed by atoms with van der Waals surface area (Å²) in [4.78, 5) is 17.3. The highest BCUT2D eigenvalue weighted by Crippen LogP contribution is 2.22. The summed E-state index contributed by atoms with van der Waals surface area (Å²) in [6.45, 7) is 8.38. The molecule has 1 aromatic carbocycles. The molecule has 3 aromatic rings. The molecule has 5 nitrogen and oxygen atoms in total. The van der Waals surface area contributed by atoms with Crippen LogP contribution in [0.5, 0.6) is 0 Å². The average molecular weight is 370 g/mol. The molecule has 2 aromatic heterocycles. The normalized spacial score (nSPS) is 12.0. The van der Waals surface area contributed by atoms with Crippen molar-refractivity contribution in [2.75, 3.05) is 0 Å². The van der Waals surface area contributed by atoms with Gasteiger partial charge in [0.2, 0.25) is 15.3 Å². The lowest BCUT2D eigenvalue weighted by Gasteiger charge is -2.15. The Kier molecular flexibility index (Phi) is 4.71. The van der Waals surface area contributed by atoms with Gasteiger partial charge in [-0.2, -0.15) is 0 Å². The Balaban J connectivity index is 2.32. The molecule has 0 bridgehead atoms. The van der Waals surface area contributed by atoms with Gasteiger partial charge >= 0.3 is 0 Å². The molecule has 136 valence electrons. The Morgan fingerprint density at radius 2 is 1.69 bits per heavy atom. The van der Waals surface area contributed by atoms with E-state index in [2.05, 4.69) is 4.98 Å². The molecule has 6 heteroatoms. The second kappa shape index (κ2) is 6.68. The quantitative estimate of drug-likeness (QED) is 0.705. The molecule has 0 aliphatic heterocycles. The highest BCUT2D eigenvalue weighted by atomic mass is 32.2. The number of nitrogens with zero attached hydrogens (tertiary/aromatic N) is 2. The number of aromatic nitrogens is 2. The number of aryl methyl sites for hydroxylation is 2. The van der Waals surface area contributed by atoms with E-state index >= 15 is 0 Å². The van der Waals surface area contributed by atoms with Crippen LogP contribution in [0, 0.1) is 19.8 Å². The van der Waals surface area contributed by atoms with E-state index in [4.69, 9.17) is 0 Å².